The average molecular weight is 309 g/mol. The van der Waals surface area contributed by atoms with Gasteiger partial charge < -0.3 is 9.64 Å². The maximum atomic E-state index is 12.4. The van der Waals surface area contributed by atoms with Crippen LogP contribution >= 0.6 is 11.3 Å². The Labute approximate surface area is 129 Å². The minimum absolute atomic E-state index is 0.0366. The van der Waals surface area contributed by atoms with Crippen molar-refractivity contribution in [1.29, 1.82) is 0 Å². The number of amides is 2. The summed E-state index contributed by atoms with van der Waals surface area (Å²) in [6.07, 6.45) is 6.89. The van der Waals surface area contributed by atoms with E-state index in [2.05, 4.69) is 17.2 Å². The van der Waals surface area contributed by atoms with Crippen molar-refractivity contribution in [3.05, 3.63) is 10.6 Å². The molecule has 1 aromatic heterocycles. The molecular weight excluding hydrogens is 286 g/mol. The van der Waals surface area contributed by atoms with Gasteiger partial charge in [0.15, 0.2) is 5.13 Å². The number of aromatic nitrogens is 1. The number of ether oxygens (including phenoxy) is 1. The molecule has 2 aliphatic rings. The highest BCUT2D eigenvalue weighted by molar-refractivity contribution is 7.15. The molecule has 2 heterocycles. The fourth-order valence-corrected chi connectivity index (χ4v) is 4.02. The van der Waals surface area contributed by atoms with E-state index in [0.29, 0.717) is 19.7 Å². The number of anilines is 1. The van der Waals surface area contributed by atoms with Crippen LogP contribution in [0.3, 0.4) is 0 Å². The highest BCUT2D eigenvalue weighted by Gasteiger charge is 2.25. The minimum atomic E-state index is -0.0366. The molecule has 1 aromatic rings. The first kappa shape index (κ1) is 14.8. The van der Waals surface area contributed by atoms with E-state index in [1.165, 1.54) is 23.4 Å². The van der Waals surface area contributed by atoms with Crippen LogP contribution in [0.4, 0.5) is 9.93 Å². The van der Waals surface area contributed by atoms with E-state index >= 15 is 0 Å². The zero-order valence-corrected chi connectivity index (χ0v) is 13.4. The predicted molar refractivity (Wildman–Crippen MR) is 84.0 cm³/mol. The molecule has 2 amide bonds. The largest absolute Gasteiger partial charge is 0.375 e. The van der Waals surface area contributed by atoms with Crippen molar-refractivity contribution in [3.63, 3.8) is 0 Å². The van der Waals surface area contributed by atoms with Crippen LogP contribution in [-0.2, 0) is 17.6 Å². The van der Waals surface area contributed by atoms with Gasteiger partial charge in [0.2, 0.25) is 0 Å². The summed E-state index contributed by atoms with van der Waals surface area (Å²) in [6.45, 7) is 4.12. The van der Waals surface area contributed by atoms with Gasteiger partial charge >= 0.3 is 6.03 Å². The normalized spacial score (nSPS) is 22.0. The Balaban J connectivity index is 1.59. The number of nitrogens with one attached hydrogen (secondary N) is 1. The second-order valence-corrected chi connectivity index (χ2v) is 6.84. The maximum Gasteiger partial charge on any atom is 0.323 e. The van der Waals surface area contributed by atoms with Crippen LogP contribution in [0.2, 0.25) is 0 Å². The Morgan fingerprint density at radius 1 is 1.48 bits per heavy atom. The molecule has 5 nitrogen and oxygen atoms in total. The Bertz CT molecular complexity index is 478. The molecule has 1 N–H and O–H groups in total. The summed E-state index contributed by atoms with van der Waals surface area (Å²) in [5.74, 6) is 0. The van der Waals surface area contributed by atoms with E-state index in [9.17, 15) is 4.79 Å². The molecule has 0 aromatic carbocycles. The monoisotopic (exact) mass is 309 g/mol. The van der Waals surface area contributed by atoms with Gasteiger partial charge in [-0.25, -0.2) is 9.78 Å². The number of fused-ring (bicyclic) bond motifs is 1. The molecular formula is C15H23N3O2S. The Kier molecular flexibility index (Phi) is 4.75. The number of carbonyl (C=O) groups is 1. The Morgan fingerprint density at radius 3 is 3.14 bits per heavy atom. The molecule has 6 heteroatoms. The molecule has 3 rings (SSSR count). The Hall–Kier alpha value is -1.14. The predicted octanol–water partition coefficient (Wildman–Crippen LogP) is 3.05. The van der Waals surface area contributed by atoms with E-state index in [1.54, 1.807) is 11.3 Å². The van der Waals surface area contributed by atoms with E-state index in [1.807, 2.05) is 4.90 Å². The van der Waals surface area contributed by atoms with Crippen LogP contribution in [0.5, 0.6) is 0 Å². The number of morpholine rings is 1. The van der Waals surface area contributed by atoms with E-state index < -0.39 is 0 Å². The van der Waals surface area contributed by atoms with Gasteiger partial charge in [0.25, 0.3) is 0 Å². The lowest BCUT2D eigenvalue weighted by atomic mass is 10.0. The minimum Gasteiger partial charge on any atom is -0.375 e. The first-order chi connectivity index (χ1) is 10.3. The molecule has 0 spiro atoms. The number of hydrogen-bond acceptors (Lipinski definition) is 4. The van der Waals surface area contributed by atoms with E-state index in [4.69, 9.17) is 4.74 Å². The van der Waals surface area contributed by atoms with Gasteiger partial charge in [-0.05, 0) is 32.1 Å². The van der Waals surface area contributed by atoms with Gasteiger partial charge in [-0.2, -0.15) is 0 Å². The van der Waals surface area contributed by atoms with Crippen molar-refractivity contribution < 1.29 is 9.53 Å². The first-order valence-corrected chi connectivity index (χ1v) is 8.74. The van der Waals surface area contributed by atoms with Crippen molar-refractivity contribution in [1.82, 2.24) is 9.88 Å². The zero-order valence-electron chi connectivity index (χ0n) is 12.6. The van der Waals surface area contributed by atoms with Gasteiger partial charge in [-0.15, -0.1) is 11.3 Å². The number of urea groups is 1. The maximum absolute atomic E-state index is 12.4. The van der Waals surface area contributed by atoms with Crippen molar-refractivity contribution in [2.45, 2.75) is 51.6 Å². The zero-order chi connectivity index (χ0) is 14.7. The summed E-state index contributed by atoms with van der Waals surface area (Å²) < 4.78 is 5.68. The highest BCUT2D eigenvalue weighted by Crippen LogP contribution is 2.29. The third-order valence-corrected chi connectivity index (χ3v) is 5.17. The van der Waals surface area contributed by atoms with E-state index in [0.717, 1.165) is 30.8 Å². The fraction of sp³-hybridized carbons (Fsp3) is 0.733. The molecule has 21 heavy (non-hydrogen) atoms. The van der Waals surface area contributed by atoms with Crippen molar-refractivity contribution in [2.75, 3.05) is 25.0 Å². The molecule has 1 fully saturated rings. The molecule has 1 aliphatic carbocycles. The summed E-state index contributed by atoms with van der Waals surface area (Å²) in [4.78, 5) is 20.1. The van der Waals surface area contributed by atoms with Gasteiger partial charge in [-0.3, -0.25) is 5.32 Å². The van der Waals surface area contributed by atoms with Crippen LogP contribution in [0.1, 0.15) is 43.2 Å². The van der Waals surface area contributed by atoms with Gasteiger partial charge in [-0.1, -0.05) is 13.3 Å². The summed E-state index contributed by atoms with van der Waals surface area (Å²) in [5, 5.41) is 3.73. The number of hydrogen-bond donors (Lipinski definition) is 1. The molecule has 1 saturated heterocycles. The van der Waals surface area contributed by atoms with Crippen LogP contribution in [0.25, 0.3) is 0 Å². The smallest absolute Gasteiger partial charge is 0.323 e. The Morgan fingerprint density at radius 2 is 2.33 bits per heavy atom. The number of carbonyl (C=O) groups excluding carboxylic acids is 1. The third-order valence-electron chi connectivity index (χ3n) is 4.10. The number of aryl methyl sites for hydroxylation is 2. The topological polar surface area (TPSA) is 54.5 Å². The van der Waals surface area contributed by atoms with Gasteiger partial charge in [0.1, 0.15) is 0 Å². The number of thiazole rings is 1. The molecule has 116 valence electrons. The summed E-state index contributed by atoms with van der Waals surface area (Å²) >= 11 is 1.64. The van der Waals surface area contributed by atoms with Crippen molar-refractivity contribution in [3.8, 4) is 0 Å². The molecule has 1 unspecified atom stereocenters. The number of nitrogens with zero attached hydrogens (tertiary/aromatic N) is 2. The standard InChI is InChI=1S/C15H23N3O2S/c1-2-5-11-10-18(8-9-20-11)15(19)17-14-16-12-6-3-4-7-13(12)21-14/h11H,2-10H2,1H3,(H,16,17,19). The second-order valence-electron chi connectivity index (χ2n) is 5.75. The van der Waals surface area contributed by atoms with Crippen LogP contribution in [-0.4, -0.2) is 41.7 Å². The molecule has 1 atom stereocenters. The van der Waals surface area contributed by atoms with Crippen LogP contribution in [0, 0.1) is 0 Å². The lowest BCUT2D eigenvalue weighted by molar-refractivity contribution is -0.0162. The van der Waals surface area contributed by atoms with Gasteiger partial charge in [0, 0.05) is 18.0 Å². The van der Waals surface area contributed by atoms with Crippen molar-refractivity contribution >= 4 is 22.5 Å². The second kappa shape index (κ2) is 6.75. The van der Waals surface area contributed by atoms with Crippen LogP contribution in [0.15, 0.2) is 0 Å². The van der Waals surface area contributed by atoms with Crippen molar-refractivity contribution in [2.24, 2.45) is 0 Å². The quantitative estimate of drug-likeness (QED) is 0.933. The highest BCUT2D eigenvalue weighted by atomic mass is 32.1. The van der Waals surface area contributed by atoms with E-state index in [-0.39, 0.29) is 12.1 Å². The summed E-state index contributed by atoms with van der Waals surface area (Å²) in [6, 6.07) is -0.0366. The molecule has 0 bridgehead atoms. The fourth-order valence-electron chi connectivity index (χ4n) is 2.98. The summed E-state index contributed by atoms with van der Waals surface area (Å²) in [7, 11) is 0. The lowest BCUT2D eigenvalue weighted by Crippen LogP contribution is -2.47. The SMILES string of the molecule is CCCC1CN(C(=O)Nc2nc3c(s2)CCCC3)CCO1. The number of rotatable bonds is 3. The molecule has 0 saturated carbocycles. The summed E-state index contributed by atoms with van der Waals surface area (Å²) in [5.41, 5.74) is 1.19. The third kappa shape index (κ3) is 3.55. The molecule has 1 aliphatic heterocycles. The van der Waals surface area contributed by atoms with Gasteiger partial charge in [0.05, 0.1) is 18.4 Å². The lowest BCUT2D eigenvalue weighted by Gasteiger charge is -2.32. The first-order valence-electron chi connectivity index (χ1n) is 7.92. The average Bonchev–Trinajstić information content (AvgIpc) is 2.90. The van der Waals surface area contributed by atoms with Crippen LogP contribution < -0.4 is 5.32 Å². The molecule has 0 radical (unpaired) electrons.